The van der Waals surface area contributed by atoms with Crippen LogP contribution in [0.1, 0.15) is 21.7 Å². The Morgan fingerprint density at radius 1 is 1.00 bits per heavy atom. The van der Waals surface area contributed by atoms with Gasteiger partial charge in [-0.3, -0.25) is 0 Å². The zero-order valence-corrected chi connectivity index (χ0v) is 12.3. The molecule has 0 atom stereocenters. The molecule has 1 N–H and O–H groups in total. The molecule has 6 heteroatoms. The lowest BCUT2D eigenvalue weighted by atomic mass is 10.1. The minimum atomic E-state index is -1.03. The Kier molecular flexibility index (Phi) is 4.07. The van der Waals surface area contributed by atoms with Gasteiger partial charge in [0, 0.05) is 11.6 Å². The summed E-state index contributed by atoms with van der Waals surface area (Å²) in [5.41, 5.74) is 1.68. The van der Waals surface area contributed by atoms with Gasteiger partial charge in [-0.15, -0.1) is 0 Å². The predicted molar refractivity (Wildman–Crippen MR) is 77.0 cm³/mol. The van der Waals surface area contributed by atoms with Crippen molar-refractivity contribution < 1.29 is 19.4 Å². The molecule has 2 rings (SSSR count). The Balaban J connectivity index is 2.59. The third kappa shape index (κ3) is 2.94. The molecule has 0 saturated carbocycles. The van der Waals surface area contributed by atoms with Crippen molar-refractivity contribution >= 4 is 5.97 Å². The number of carbonyl (C=O) groups is 1. The van der Waals surface area contributed by atoms with Crippen LogP contribution in [-0.4, -0.2) is 35.3 Å². The molecule has 2 aromatic rings. The molecule has 0 spiro atoms. The fraction of sp³-hybridized carbons (Fsp3) is 0.267. The summed E-state index contributed by atoms with van der Waals surface area (Å²) >= 11 is 0. The first-order chi connectivity index (χ1) is 9.96. The van der Waals surface area contributed by atoms with Crippen molar-refractivity contribution in [3.63, 3.8) is 0 Å². The minimum absolute atomic E-state index is 0.133. The lowest BCUT2D eigenvalue weighted by Crippen LogP contribution is -2.08. The van der Waals surface area contributed by atoms with E-state index in [0.29, 0.717) is 34.3 Å². The van der Waals surface area contributed by atoms with Crippen molar-refractivity contribution in [1.82, 2.24) is 9.97 Å². The van der Waals surface area contributed by atoms with Crippen LogP contribution in [-0.2, 0) is 0 Å². The first-order valence-corrected chi connectivity index (χ1v) is 6.28. The van der Waals surface area contributed by atoms with E-state index in [4.69, 9.17) is 14.6 Å². The molecule has 0 bridgehead atoms. The molecule has 0 aliphatic carbocycles. The Morgan fingerprint density at radius 2 is 1.48 bits per heavy atom. The molecule has 0 radical (unpaired) electrons. The van der Waals surface area contributed by atoms with Crippen LogP contribution >= 0.6 is 0 Å². The molecule has 0 saturated heterocycles. The lowest BCUT2D eigenvalue weighted by molar-refractivity contribution is 0.0694. The van der Waals surface area contributed by atoms with Gasteiger partial charge in [-0.25, -0.2) is 14.8 Å². The van der Waals surface area contributed by atoms with Gasteiger partial charge in [0.15, 0.2) is 5.82 Å². The first kappa shape index (κ1) is 14.8. The number of hydrogen-bond acceptors (Lipinski definition) is 5. The molecule has 1 heterocycles. The van der Waals surface area contributed by atoms with E-state index < -0.39 is 5.97 Å². The zero-order chi connectivity index (χ0) is 15.6. The van der Waals surface area contributed by atoms with Gasteiger partial charge >= 0.3 is 5.97 Å². The van der Waals surface area contributed by atoms with Crippen molar-refractivity contribution in [3.05, 3.63) is 35.2 Å². The molecule has 0 aliphatic heterocycles. The molecule has 110 valence electrons. The van der Waals surface area contributed by atoms with E-state index in [1.54, 1.807) is 46.3 Å². The van der Waals surface area contributed by atoms with Gasteiger partial charge < -0.3 is 14.6 Å². The van der Waals surface area contributed by atoms with E-state index in [-0.39, 0.29) is 5.56 Å². The monoisotopic (exact) mass is 288 g/mol. The largest absolute Gasteiger partial charge is 0.497 e. The third-order valence-electron chi connectivity index (χ3n) is 3.09. The van der Waals surface area contributed by atoms with Crippen LogP contribution in [0.5, 0.6) is 11.5 Å². The second kappa shape index (κ2) is 5.78. The summed E-state index contributed by atoms with van der Waals surface area (Å²) in [6.45, 7) is 3.30. The van der Waals surface area contributed by atoms with Gasteiger partial charge in [0.1, 0.15) is 17.1 Å². The van der Waals surface area contributed by atoms with Crippen LogP contribution < -0.4 is 9.47 Å². The van der Waals surface area contributed by atoms with Crippen molar-refractivity contribution in [1.29, 1.82) is 0 Å². The molecular formula is C15H16N2O4. The average molecular weight is 288 g/mol. The van der Waals surface area contributed by atoms with Crippen LogP contribution in [0.25, 0.3) is 11.4 Å². The SMILES string of the molecule is COc1cc(OC)cc(-c2nc(C)c(C(=O)O)c(C)n2)c1. The number of methoxy groups -OCH3 is 2. The molecule has 0 aliphatic rings. The van der Waals surface area contributed by atoms with E-state index in [1.807, 2.05) is 0 Å². The number of aromatic nitrogens is 2. The van der Waals surface area contributed by atoms with E-state index in [1.165, 1.54) is 0 Å². The van der Waals surface area contributed by atoms with E-state index in [9.17, 15) is 4.79 Å². The maximum atomic E-state index is 11.2. The van der Waals surface area contributed by atoms with Crippen molar-refractivity contribution in [2.45, 2.75) is 13.8 Å². The predicted octanol–water partition coefficient (Wildman–Crippen LogP) is 2.48. The summed E-state index contributed by atoms with van der Waals surface area (Å²) in [6, 6.07) is 5.29. The number of benzene rings is 1. The van der Waals surface area contributed by atoms with Gasteiger partial charge in [0.2, 0.25) is 0 Å². The van der Waals surface area contributed by atoms with Gasteiger partial charge in [-0.2, -0.15) is 0 Å². The summed E-state index contributed by atoms with van der Waals surface area (Å²) < 4.78 is 10.4. The van der Waals surface area contributed by atoms with Crippen LogP contribution in [0, 0.1) is 13.8 Å². The quantitative estimate of drug-likeness (QED) is 0.930. The fourth-order valence-corrected chi connectivity index (χ4v) is 2.09. The van der Waals surface area contributed by atoms with Gasteiger partial charge in [-0.05, 0) is 26.0 Å². The highest BCUT2D eigenvalue weighted by molar-refractivity contribution is 5.90. The summed E-state index contributed by atoms with van der Waals surface area (Å²) in [4.78, 5) is 19.7. The summed E-state index contributed by atoms with van der Waals surface area (Å²) in [7, 11) is 3.12. The molecule has 0 amide bonds. The van der Waals surface area contributed by atoms with Crippen molar-refractivity contribution in [2.24, 2.45) is 0 Å². The number of nitrogens with zero attached hydrogens (tertiary/aromatic N) is 2. The van der Waals surface area contributed by atoms with Crippen LogP contribution in [0.15, 0.2) is 18.2 Å². The maximum absolute atomic E-state index is 11.2. The van der Waals surface area contributed by atoms with Crippen molar-refractivity contribution in [3.8, 4) is 22.9 Å². The van der Waals surface area contributed by atoms with E-state index >= 15 is 0 Å². The second-order valence-electron chi connectivity index (χ2n) is 4.50. The average Bonchev–Trinajstić information content (AvgIpc) is 2.45. The number of aromatic carboxylic acids is 1. The highest BCUT2D eigenvalue weighted by atomic mass is 16.5. The third-order valence-corrected chi connectivity index (χ3v) is 3.09. The topological polar surface area (TPSA) is 81.5 Å². The van der Waals surface area contributed by atoms with Gasteiger partial charge in [0.05, 0.1) is 25.6 Å². The fourth-order valence-electron chi connectivity index (χ4n) is 2.09. The van der Waals surface area contributed by atoms with E-state index in [2.05, 4.69) is 9.97 Å². The maximum Gasteiger partial charge on any atom is 0.339 e. The number of ether oxygens (including phenoxy) is 2. The molecular weight excluding hydrogens is 272 g/mol. The van der Waals surface area contributed by atoms with Crippen LogP contribution in [0.3, 0.4) is 0 Å². The Morgan fingerprint density at radius 3 is 1.86 bits per heavy atom. The Hall–Kier alpha value is -2.63. The summed E-state index contributed by atoms with van der Waals surface area (Å²) in [6.07, 6.45) is 0. The summed E-state index contributed by atoms with van der Waals surface area (Å²) in [5, 5.41) is 9.15. The van der Waals surface area contributed by atoms with Gasteiger partial charge in [0.25, 0.3) is 0 Å². The van der Waals surface area contributed by atoms with Crippen LogP contribution in [0.2, 0.25) is 0 Å². The summed E-state index contributed by atoms with van der Waals surface area (Å²) in [5.74, 6) is 0.642. The Labute approximate surface area is 122 Å². The number of aryl methyl sites for hydroxylation is 2. The normalized spacial score (nSPS) is 10.3. The minimum Gasteiger partial charge on any atom is -0.497 e. The highest BCUT2D eigenvalue weighted by Gasteiger charge is 2.16. The lowest BCUT2D eigenvalue weighted by Gasteiger charge is -2.10. The van der Waals surface area contributed by atoms with E-state index in [0.717, 1.165) is 0 Å². The smallest absolute Gasteiger partial charge is 0.339 e. The van der Waals surface area contributed by atoms with Gasteiger partial charge in [-0.1, -0.05) is 0 Å². The second-order valence-corrected chi connectivity index (χ2v) is 4.50. The van der Waals surface area contributed by atoms with Crippen molar-refractivity contribution in [2.75, 3.05) is 14.2 Å². The number of carboxylic acids is 1. The molecule has 6 nitrogen and oxygen atoms in total. The first-order valence-electron chi connectivity index (χ1n) is 6.28. The zero-order valence-electron chi connectivity index (χ0n) is 12.3. The molecule has 21 heavy (non-hydrogen) atoms. The highest BCUT2D eigenvalue weighted by Crippen LogP contribution is 2.28. The molecule has 1 aromatic heterocycles. The standard InChI is InChI=1S/C15H16N2O4/c1-8-13(15(18)19)9(2)17-14(16-8)10-5-11(20-3)7-12(6-10)21-4/h5-7H,1-4H3,(H,18,19). The number of hydrogen-bond donors (Lipinski definition) is 1. The van der Waals surface area contributed by atoms with Crippen LogP contribution in [0.4, 0.5) is 0 Å². The Bertz CT molecular complexity index is 653. The molecule has 1 aromatic carbocycles. The number of carboxylic acid groups (broad SMARTS) is 1. The molecule has 0 fully saturated rings. The number of rotatable bonds is 4. The molecule has 0 unspecified atom stereocenters.